The van der Waals surface area contributed by atoms with Crippen LogP contribution in [0.1, 0.15) is 25.3 Å². The molecule has 0 atom stereocenters. The molecular formula is C10H14OS2. The summed E-state index contributed by atoms with van der Waals surface area (Å²) in [7, 11) is 1.64. The Bertz CT molecular complexity index is 308. The zero-order chi connectivity index (χ0) is 10.0. The van der Waals surface area contributed by atoms with Crippen LogP contribution in [-0.4, -0.2) is 7.11 Å². The summed E-state index contributed by atoms with van der Waals surface area (Å²) in [4.78, 5) is 1.73. The van der Waals surface area contributed by atoms with E-state index < -0.39 is 0 Å². The molecule has 0 saturated heterocycles. The molecule has 3 heteroatoms. The molecule has 1 rings (SSSR count). The molecule has 0 aromatic heterocycles. The molecule has 1 aromatic carbocycles. The van der Waals surface area contributed by atoms with Crippen LogP contribution in [0.5, 0.6) is 5.75 Å². The Balaban J connectivity index is 3.23. The quantitative estimate of drug-likeness (QED) is 0.717. The van der Waals surface area contributed by atoms with Crippen LogP contribution >= 0.6 is 25.3 Å². The van der Waals surface area contributed by atoms with Crippen molar-refractivity contribution in [3.63, 3.8) is 0 Å². The second-order valence-corrected chi connectivity index (χ2v) is 4.10. The highest BCUT2D eigenvalue weighted by Crippen LogP contribution is 2.34. The third kappa shape index (κ3) is 2.15. The molecule has 0 saturated carbocycles. The summed E-state index contributed by atoms with van der Waals surface area (Å²) >= 11 is 8.77. The molecule has 0 aliphatic rings. The third-order valence-corrected chi connectivity index (χ3v) is 3.09. The molecule has 0 fully saturated rings. The van der Waals surface area contributed by atoms with Gasteiger partial charge in [-0.25, -0.2) is 0 Å². The number of rotatable bonds is 2. The molecule has 0 aliphatic heterocycles. The van der Waals surface area contributed by atoms with Gasteiger partial charge < -0.3 is 4.74 Å². The standard InChI is InChI=1S/C10H14OS2/c1-6(2)7-4-5-8(11-3)10(13)9(7)12/h4-6,12-13H,1-3H3. The van der Waals surface area contributed by atoms with E-state index >= 15 is 0 Å². The van der Waals surface area contributed by atoms with Crippen LogP contribution in [0.3, 0.4) is 0 Å². The summed E-state index contributed by atoms with van der Waals surface area (Å²) in [6.45, 7) is 4.27. The van der Waals surface area contributed by atoms with E-state index in [1.54, 1.807) is 7.11 Å². The van der Waals surface area contributed by atoms with Gasteiger partial charge in [0.15, 0.2) is 0 Å². The van der Waals surface area contributed by atoms with E-state index in [1.165, 1.54) is 5.56 Å². The predicted molar refractivity (Wildman–Crippen MR) is 61.6 cm³/mol. The second kappa shape index (κ2) is 4.29. The zero-order valence-electron chi connectivity index (χ0n) is 8.03. The lowest BCUT2D eigenvalue weighted by Gasteiger charge is -2.13. The highest BCUT2D eigenvalue weighted by Gasteiger charge is 2.10. The first-order valence-corrected chi connectivity index (χ1v) is 5.06. The van der Waals surface area contributed by atoms with Gasteiger partial charge in [-0.2, -0.15) is 0 Å². The van der Waals surface area contributed by atoms with Crippen LogP contribution in [-0.2, 0) is 0 Å². The Morgan fingerprint density at radius 3 is 2.23 bits per heavy atom. The van der Waals surface area contributed by atoms with E-state index in [1.807, 2.05) is 12.1 Å². The maximum Gasteiger partial charge on any atom is 0.133 e. The van der Waals surface area contributed by atoms with Crippen LogP contribution < -0.4 is 4.74 Å². The number of benzene rings is 1. The molecule has 0 unspecified atom stereocenters. The van der Waals surface area contributed by atoms with E-state index in [0.29, 0.717) is 5.92 Å². The van der Waals surface area contributed by atoms with Crippen molar-refractivity contribution in [3.05, 3.63) is 17.7 Å². The first-order valence-electron chi connectivity index (χ1n) is 4.16. The van der Waals surface area contributed by atoms with Gasteiger partial charge in [-0.3, -0.25) is 0 Å². The fourth-order valence-corrected chi connectivity index (χ4v) is 1.95. The molecule has 1 nitrogen and oxygen atoms in total. The third-order valence-electron chi connectivity index (χ3n) is 1.99. The molecule has 1 aromatic rings. The van der Waals surface area contributed by atoms with E-state index in [2.05, 4.69) is 39.1 Å². The van der Waals surface area contributed by atoms with Gasteiger partial charge >= 0.3 is 0 Å². The minimum Gasteiger partial charge on any atom is -0.496 e. The van der Waals surface area contributed by atoms with E-state index in [4.69, 9.17) is 4.74 Å². The van der Waals surface area contributed by atoms with Gasteiger partial charge in [0.1, 0.15) is 5.75 Å². The SMILES string of the molecule is COc1ccc(C(C)C)c(S)c1S. The first-order chi connectivity index (χ1) is 6.07. The topological polar surface area (TPSA) is 9.23 Å². The van der Waals surface area contributed by atoms with Crippen molar-refractivity contribution in [3.8, 4) is 5.75 Å². The Morgan fingerprint density at radius 2 is 1.77 bits per heavy atom. The molecule has 72 valence electrons. The molecule has 13 heavy (non-hydrogen) atoms. The molecule has 0 radical (unpaired) electrons. The fourth-order valence-electron chi connectivity index (χ4n) is 1.21. The van der Waals surface area contributed by atoms with Crippen LogP contribution in [0.4, 0.5) is 0 Å². The number of hydrogen-bond acceptors (Lipinski definition) is 3. The van der Waals surface area contributed by atoms with Gasteiger partial charge in [0, 0.05) is 4.90 Å². The van der Waals surface area contributed by atoms with Crippen molar-refractivity contribution in [1.82, 2.24) is 0 Å². The lowest BCUT2D eigenvalue weighted by molar-refractivity contribution is 0.402. The van der Waals surface area contributed by atoms with Crippen molar-refractivity contribution in [2.45, 2.75) is 29.6 Å². The maximum atomic E-state index is 5.14. The first kappa shape index (κ1) is 10.8. The smallest absolute Gasteiger partial charge is 0.133 e. The normalized spacial score (nSPS) is 10.6. The molecule has 0 N–H and O–H groups in total. The average molecular weight is 214 g/mol. The molecule has 0 aliphatic carbocycles. The highest BCUT2D eigenvalue weighted by molar-refractivity contribution is 7.83. The number of thiol groups is 2. The molecule has 0 amide bonds. The minimum absolute atomic E-state index is 0.462. The monoisotopic (exact) mass is 214 g/mol. The van der Waals surface area contributed by atoms with Gasteiger partial charge in [-0.15, -0.1) is 25.3 Å². The van der Waals surface area contributed by atoms with Crippen molar-refractivity contribution < 1.29 is 4.74 Å². The summed E-state index contributed by atoms with van der Waals surface area (Å²) in [5.41, 5.74) is 1.20. The van der Waals surface area contributed by atoms with Gasteiger partial charge in [0.25, 0.3) is 0 Å². The Labute approximate surface area is 90.3 Å². The van der Waals surface area contributed by atoms with Crippen molar-refractivity contribution in [1.29, 1.82) is 0 Å². The second-order valence-electron chi connectivity index (χ2n) is 3.21. The van der Waals surface area contributed by atoms with Crippen LogP contribution in [0, 0.1) is 0 Å². The average Bonchev–Trinajstić information content (AvgIpc) is 2.09. The van der Waals surface area contributed by atoms with Crippen molar-refractivity contribution >= 4 is 25.3 Å². The largest absolute Gasteiger partial charge is 0.496 e. The fraction of sp³-hybridized carbons (Fsp3) is 0.400. The lowest BCUT2D eigenvalue weighted by atomic mass is 10.0. The summed E-state index contributed by atoms with van der Waals surface area (Å²) < 4.78 is 5.14. The Kier molecular flexibility index (Phi) is 3.56. The van der Waals surface area contributed by atoms with Gasteiger partial charge in [-0.1, -0.05) is 19.9 Å². The summed E-state index contributed by atoms with van der Waals surface area (Å²) in [6.07, 6.45) is 0. The molecule has 0 bridgehead atoms. The minimum atomic E-state index is 0.462. The summed E-state index contributed by atoms with van der Waals surface area (Å²) in [5.74, 6) is 1.24. The zero-order valence-corrected chi connectivity index (χ0v) is 9.82. The Hall–Kier alpha value is -0.280. The van der Waals surface area contributed by atoms with E-state index in [-0.39, 0.29) is 0 Å². The number of ether oxygens (including phenoxy) is 1. The predicted octanol–water partition coefficient (Wildman–Crippen LogP) is 3.40. The van der Waals surface area contributed by atoms with Crippen LogP contribution in [0.25, 0.3) is 0 Å². The van der Waals surface area contributed by atoms with Crippen LogP contribution in [0.15, 0.2) is 21.9 Å². The number of hydrogen-bond donors (Lipinski definition) is 2. The van der Waals surface area contributed by atoms with Crippen molar-refractivity contribution in [2.24, 2.45) is 0 Å². The lowest BCUT2D eigenvalue weighted by Crippen LogP contribution is -1.93. The van der Waals surface area contributed by atoms with Gasteiger partial charge in [0.2, 0.25) is 0 Å². The summed E-state index contributed by atoms with van der Waals surface area (Å²) in [6, 6.07) is 3.96. The maximum absolute atomic E-state index is 5.14. The molecular weight excluding hydrogens is 200 g/mol. The van der Waals surface area contributed by atoms with Gasteiger partial charge in [-0.05, 0) is 17.5 Å². The Morgan fingerprint density at radius 1 is 1.15 bits per heavy atom. The summed E-state index contributed by atoms with van der Waals surface area (Å²) in [5, 5.41) is 0. The van der Waals surface area contributed by atoms with E-state index in [9.17, 15) is 0 Å². The highest BCUT2D eigenvalue weighted by atomic mass is 32.1. The van der Waals surface area contributed by atoms with Crippen LogP contribution in [0.2, 0.25) is 0 Å². The molecule has 0 heterocycles. The van der Waals surface area contributed by atoms with Crippen molar-refractivity contribution in [2.75, 3.05) is 7.11 Å². The van der Waals surface area contributed by atoms with Gasteiger partial charge in [0.05, 0.1) is 12.0 Å². The molecule has 0 spiro atoms. The number of methoxy groups -OCH3 is 1. The van der Waals surface area contributed by atoms with E-state index in [0.717, 1.165) is 15.5 Å².